The molecule has 3 rings (SSSR count). The van der Waals surface area contributed by atoms with Crippen molar-refractivity contribution in [3.8, 4) is 6.19 Å². The van der Waals surface area contributed by atoms with Crippen molar-refractivity contribution in [1.82, 2.24) is 4.90 Å². The van der Waals surface area contributed by atoms with E-state index in [9.17, 15) is 18.4 Å². The van der Waals surface area contributed by atoms with E-state index in [0.29, 0.717) is 24.2 Å². The number of halogens is 2. The van der Waals surface area contributed by atoms with Gasteiger partial charge in [0.25, 0.3) is 5.91 Å². The number of benzene rings is 2. The van der Waals surface area contributed by atoms with E-state index < -0.39 is 29.1 Å². The number of carbonyl (C=O) groups is 2. The summed E-state index contributed by atoms with van der Waals surface area (Å²) < 4.78 is 32.7. The highest BCUT2D eigenvalue weighted by Crippen LogP contribution is 2.29. The van der Waals surface area contributed by atoms with Gasteiger partial charge in [0, 0.05) is 12.2 Å². The maximum atomic E-state index is 13.8. The molecule has 154 valence electrons. The number of nitrogens with zero attached hydrogens (tertiary/aromatic N) is 2. The molecule has 0 radical (unpaired) electrons. The molecule has 1 N–H and O–H groups in total. The Morgan fingerprint density at radius 1 is 1.17 bits per heavy atom. The van der Waals surface area contributed by atoms with Crippen molar-refractivity contribution < 1.29 is 23.1 Å². The number of carbonyl (C=O) groups excluding carboxylic acids is 2. The number of esters is 1. The Labute approximate surface area is 172 Å². The average molecular weight is 411 g/mol. The van der Waals surface area contributed by atoms with Crippen LogP contribution in [0.25, 0.3) is 5.57 Å². The fourth-order valence-corrected chi connectivity index (χ4v) is 3.24. The van der Waals surface area contributed by atoms with Crippen molar-refractivity contribution in [1.29, 1.82) is 5.26 Å². The van der Waals surface area contributed by atoms with Crippen molar-refractivity contribution in [2.75, 3.05) is 25.0 Å². The summed E-state index contributed by atoms with van der Waals surface area (Å²) in [6.07, 6.45) is 2.52. The van der Waals surface area contributed by atoms with Crippen molar-refractivity contribution >= 4 is 23.1 Å². The second-order valence-electron chi connectivity index (χ2n) is 6.58. The van der Waals surface area contributed by atoms with Crippen molar-refractivity contribution in [3.63, 3.8) is 0 Å². The lowest BCUT2D eigenvalue weighted by atomic mass is 9.93. The van der Waals surface area contributed by atoms with E-state index in [1.807, 2.05) is 6.19 Å². The third-order valence-electron chi connectivity index (χ3n) is 4.69. The van der Waals surface area contributed by atoms with Gasteiger partial charge in [-0.3, -0.25) is 4.79 Å². The van der Waals surface area contributed by atoms with Gasteiger partial charge in [-0.15, -0.1) is 0 Å². The largest absolute Gasteiger partial charge is 0.463 e. The first-order valence-corrected chi connectivity index (χ1v) is 9.34. The fraction of sp³-hybridized carbons (Fsp3) is 0.227. The van der Waals surface area contributed by atoms with Gasteiger partial charge in [0.05, 0.1) is 18.7 Å². The van der Waals surface area contributed by atoms with Gasteiger partial charge in [0.2, 0.25) is 0 Å². The van der Waals surface area contributed by atoms with Gasteiger partial charge in [-0.25, -0.2) is 13.6 Å². The Hall–Kier alpha value is -3.73. The number of hydrogen-bond donors (Lipinski definition) is 1. The van der Waals surface area contributed by atoms with Gasteiger partial charge < -0.3 is 15.0 Å². The number of amides is 1. The molecular weight excluding hydrogens is 392 g/mol. The summed E-state index contributed by atoms with van der Waals surface area (Å²) in [5, 5.41) is 11.6. The molecule has 0 saturated carbocycles. The van der Waals surface area contributed by atoms with Gasteiger partial charge >= 0.3 is 5.97 Å². The Morgan fingerprint density at radius 2 is 1.83 bits per heavy atom. The van der Waals surface area contributed by atoms with Gasteiger partial charge in [0.1, 0.15) is 17.2 Å². The lowest BCUT2D eigenvalue weighted by Crippen LogP contribution is -2.31. The Morgan fingerprint density at radius 3 is 2.43 bits per heavy atom. The number of ether oxygens (including phenoxy) is 1. The highest BCUT2D eigenvalue weighted by molar-refractivity contribution is 6.05. The molecule has 0 bridgehead atoms. The van der Waals surface area contributed by atoms with Crippen LogP contribution in [0.2, 0.25) is 0 Å². The zero-order valence-corrected chi connectivity index (χ0v) is 16.2. The summed E-state index contributed by atoms with van der Waals surface area (Å²) in [6.45, 7) is 2.56. The molecule has 1 aliphatic heterocycles. The first-order valence-electron chi connectivity index (χ1n) is 9.34. The summed E-state index contributed by atoms with van der Waals surface area (Å²) in [7, 11) is 0. The SMILES string of the molecule is CCOC(=O)C1=C(c2ccc(NC(=O)c3c(F)cccc3F)cc2)CCN(C#N)C1. The highest BCUT2D eigenvalue weighted by atomic mass is 19.1. The second-order valence-corrected chi connectivity index (χ2v) is 6.58. The molecule has 0 saturated heterocycles. The van der Waals surface area contributed by atoms with Gasteiger partial charge in [-0.1, -0.05) is 18.2 Å². The van der Waals surface area contributed by atoms with Gasteiger partial charge in [0.15, 0.2) is 6.19 Å². The predicted octanol–water partition coefficient (Wildman–Crippen LogP) is 3.72. The smallest absolute Gasteiger partial charge is 0.336 e. The number of nitrogens with one attached hydrogen (secondary N) is 1. The van der Waals surface area contributed by atoms with Crippen molar-refractivity contribution in [3.05, 3.63) is 70.8 Å². The Balaban J connectivity index is 1.84. The van der Waals surface area contributed by atoms with Crippen LogP contribution in [0.4, 0.5) is 14.5 Å². The molecule has 8 heteroatoms. The number of nitriles is 1. The Kier molecular flexibility index (Phi) is 6.42. The molecule has 0 atom stereocenters. The molecule has 30 heavy (non-hydrogen) atoms. The lowest BCUT2D eigenvalue weighted by Gasteiger charge is -2.26. The average Bonchev–Trinajstić information content (AvgIpc) is 2.74. The summed E-state index contributed by atoms with van der Waals surface area (Å²) in [5.41, 5.74) is 1.61. The molecule has 0 aliphatic carbocycles. The molecule has 0 aromatic heterocycles. The summed E-state index contributed by atoms with van der Waals surface area (Å²) in [4.78, 5) is 26.0. The Bertz CT molecular complexity index is 1020. The maximum absolute atomic E-state index is 13.8. The van der Waals surface area contributed by atoms with E-state index >= 15 is 0 Å². The predicted molar refractivity (Wildman–Crippen MR) is 106 cm³/mol. The minimum Gasteiger partial charge on any atom is -0.463 e. The fourth-order valence-electron chi connectivity index (χ4n) is 3.24. The third-order valence-corrected chi connectivity index (χ3v) is 4.69. The number of rotatable bonds is 5. The summed E-state index contributed by atoms with van der Waals surface area (Å²) in [6, 6.07) is 9.77. The lowest BCUT2D eigenvalue weighted by molar-refractivity contribution is -0.138. The van der Waals surface area contributed by atoms with Gasteiger partial charge in [-0.2, -0.15) is 5.26 Å². The van der Waals surface area contributed by atoms with Crippen LogP contribution in [0, 0.1) is 23.1 Å². The molecule has 2 aromatic carbocycles. The van der Waals surface area contributed by atoms with E-state index in [1.54, 1.807) is 31.2 Å². The zero-order valence-electron chi connectivity index (χ0n) is 16.2. The minimum absolute atomic E-state index is 0.162. The van der Waals surface area contributed by atoms with Crippen LogP contribution < -0.4 is 5.32 Å². The van der Waals surface area contributed by atoms with Crippen molar-refractivity contribution in [2.45, 2.75) is 13.3 Å². The number of hydrogen-bond acceptors (Lipinski definition) is 5. The van der Waals surface area contributed by atoms with Crippen LogP contribution in [0.5, 0.6) is 0 Å². The van der Waals surface area contributed by atoms with Crippen LogP contribution in [0.1, 0.15) is 29.3 Å². The summed E-state index contributed by atoms with van der Waals surface area (Å²) >= 11 is 0. The molecule has 1 aliphatic rings. The van der Waals surface area contributed by atoms with E-state index in [1.165, 1.54) is 11.0 Å². The topological polar surface area (TPSA) is 82.4 Å². The normalized spacial score (nSPS) is 13.6. The molecule has 0 fully saturated rings. The first kappa shape index (κ1) is 21.0. The van der Waals surface area contributed by atoms with Crippen molar-refractivity contribution in [2.24, 2.45) is 0 Å². The molecule has 1 amide bonds. The second kappa shape index (κ2) is 9.18. The molecule has 0 spiro atoms. The molecule has 0 unspecified atom stereocenters. The van der Waals surface area contributed by atoms with Crippen LogP contribution in [-0.4, -0.2) is 36.5 Å². The van der Waals surface area contributed by atoms with Crippen LogP contribution in [0.15, 0.2) is 48.0 Å². The van der Waals surface area contributed by atoms with E-state index in [4.69, 9.17) is 10.00 Å². The molecule has 1 heterocycles. The highest BCUT2D eigenvalue weighted by Gasteiger charge is 2.25. The van der Waals surface area contributed by atoms with Gasteiger partial charge in [-0.05, 0) is 48.7 Å². The number of anilines is 1. The third kappa shape index (κ3) is 4.46. The minimum atomic E-state index is -0.947. The first-order chi connectivity index (χ1) is 14.4. The quantitative estimate of drug-likeness (QED) is 0.599. The molecule has 2 aromatic rings. The van der Waals surface area contributed by atoms with Crippen LogP contribution in [-0.2, 0) is 9.53 Å². The standard InChI is InChI=1S/C22H19F2N3O3/c1-2-30-22(29)17-12-27(13-25)11-10-16(17)14-6-8-15(9-7-14)26-21(28)20-18(23)4-3-5-19(20)24/h3-9H,2,10-12H2,1H3,(H,26,28). The van der Waals surface area contributed by atoms with Crippen LogP contribution >= 0.6 is 0 Å². The van der Waals surface area contributed by atoms with E-state index in [0.717, 1.165) is 23.3 Å². The maximum Gasteiger partial charge on any atom is 0.336 e. The van der Waals surface area contributed by atoms with E-state index in [-0.39, 0.29) is 13.2 Å². The monoisotopic (exact) mass is 411 g/mol. The summed E-state index contributed by atoms with van der Waals surface area (Å²) in [5.74, 6) is -3.26. The zero-order chi connectivity index (χ0) is 21.7. The molecular formula is C22H19F2N3O3. The van der Waals surface area contributed by atoms with E-state index in [2.05, 4.69) is 5.32 Å². The molecule has 6 nitrogen and oxygen atoms in total. The van der Waals surface area contributed by atoms with Crippen LogP contribution in [0.3, 0.4) is 0 Å².